The van der Waals surface area contributed by atoms with Crippen LogP contribution >= 0.6 is 0 Å². The number of hydrogen-bond donors (Lipinski definition) is 0. The van der Waals surface area contributed by atoms with Gasteiger partial charge in [0.15, 0.2) is 23.0 Å². The molecule has 0 aliphatic rings. The SMILES string of the molecule is [C-]#[N+]c1ccc(-c2ccc3c(c2)c2cc(-c4ccc(C#N)cc4[N+]#[C-])ccc2n3-c2c(-c3cc(-c4ccccc4)nc(-c4ccccc4)n3)cc(C#N)cc2-c2cc(-c3ccccc3)nc(-c3ccccc3)n2)c(C#N)c1. The van der Waals surface area contributed by atoms with Crippen molar-refractivity contribution in [3.05, 3.63) is 258 Å². The summed E-state index contributed by atoms with van der Waals surface area (Å²) in [4.78, 5) is 28.5. The highest BCUT2D eigenvalue weighted by Crippen LogP contribution is 2.46. The molecule has 0 fully saturated rings. The van der Waals surface area contributed by atoms with Gasteiger partial charge in [-0.05, 0) is 89.0 Å². The molecule has 3 aromatic heterocycles. The van der Waals surface area contributed by atoms with E-state index >= 15 is 0 Å². The van der Waals surface area contributed by atoms with Crippen LogP contribution in [-0.4, -0.2) is 24.5 Å². The van der Waals surface area contributed by atoms with Crippen LogP contribution in [0.2, 0.25) is 0 Å². The van der Waals surface area contributed by atoms with E-state index < -0.39 is 0 Å². The topological polar surface area (TPSA) is 137 Å². The van der Waals surface area contributed by atoms with Gasteiger partial charge in [0.1, 0.15) is 0 Å². The average Bonchev–Trinajstić information content (AvgIpc) is 3.83. The average molecular weight is 981 g/mol. The Kier molecular flexibility index (Phi) is 11.9. The monoisotopic (exact) mass is 980 g/mol. The molecule has 0 radical (unpaired) electrons. The molecule has 0 amide bonds. The first kappa shape index (κ1) is 46.5. The van der Waals surface area contributed by atoms with E-state index in [2.05, 4.69) is 44.6 Å². The number of nitrogens with zero attached hydrogens (tertiary/aromatic N) is 10. The highest BCUT2D eigenvalue weighted by atomic mass is 15.0. The lowest BCUT2D eigenvalue weighted by Gasteiger charge is -2.20. The van der Waals surface area contributed by atoms with Gasteiger partial charge in [0.2, 0.25) is 0 Å². The minimum Gasteiger partial charge on any atom is -0.308 e. The number of aromatic nitrogens is 5. The summed E-state index contributed by atoms with van der Waals surface area (Å²) in [7, 11) is 0. The second-order valence-electron chi connectivity index (χ2n) is 18.1. The molecule has 0 unspecified atom stereocenters. The van der Waals surface area contributed by atoms with Gasteiger partial charge in [-0.25, -0.2) is 29.6 Å². The maximum absolute atomic E-state index is 11.1. The number of fused-ring (bicyclic) bond motifs is 3. The molecular weight excluding hydrogens is 945 g/mol. The zero-order valence-electron chi connectivity index (χ0n) is 40.8. The zero-order chi connectivity index (χ0) is 52.4. The lowest BCUT2D eigenvalue weighted by atomic mass is 9.95. The Morgan fingerprint density at radius 2 is 0.831 bits per heavy atom. The van der Waals surface area contributed by atoms with Crippen molar-refractivity contribution in [2.24, 2.45) is 0 Å². The molecule has 12 aromatic rings. The van der Waals surface area contributed by atoms with Gasteiger partial charge in [0, 0.05) is 55.3 Å². The van der Waals surface area contributed by atoms with E-state index in [-0.39, 0.29) is 0 Å². The molecule has 0 aliphatic heterocycles. The van der Waals surface area contributed by atoms with Crippen molar-refractivity contribution >= 4 is 33.2 Å². The third-order valence-electron chi connectivity index (χ3n) is 13.6. The van der Waals surface area contributed by atoms with E-state index in [1.54, 1.807) is 36.4 Å². The molecular formula is C67H36N10. The number of hydrogen-bond acceptors (Lipinski definition) is 7. The van der Waals surface area contributed by atoms with Crippen LogP contribution in [-0.2, 0) is 0 Å². The standard InChI is InChI=1S/C67H36N10/c1-71-51-26-28-52(50(34-51)41-70)48-24-29-63-54(35-48)55-36-49(53-27-23-42(39-68)33-60(53)72-2)25-30-64(55)77(63)65-56(61-37-58(44-15-7-3-8-16-44)73-66(75-61)46-19-11-5-12-20-46)31-43(40-69)32-57(65)62-38-59(45-17-9-4-10-18-45)74-67(76-62)47-21-13-6-14-22-47/h3-38H. The van der Waals surface area contributed by atoms with Gasteiger partial charge >= 0.3 is 0 Å². The first-order valence-electron chi connectivity index (χ1n) is 24.4. The van der Waals surface area contributed by atoms with Crippen molar-refractivity contribution < 1.29 is 0 Å². The van der Waals surface area contributed by atoms with E-state index in [9.17, 15) is 15.8 Å². The molecule has 0 bridgehead atoms. The first-order valence-corrected chi connectivity index (χ1v) is 24.4. The fourth-order valence-electron chi connectivity index (χ4n) is 9.93. The summed E-state index contributed by atoms with van der Waals surface area (Å²) in [6.07, 6.45) is 0. The smallest absolute Gasteiger partial charge is 0.196 e. The third-order valence-corrected chi connectivity index (χ3v) is 13.6. The van der Waals surface area contributed by atoms with Crippen LogP contribution in [0.3, 0.4) is 0 Å². The molecule has 354 valence electrons. The Morgan fingerprint density at radius 3 is 1.30 bits per heavy atom. The van der Waals surface area contributed by atoms with Gasteiger partial charge in [-0.2, -0.15) is 15.8 Å². The molecule has 9 aromatic carbocycles. The molecule has 10 nitrogen and oxygen atoms in total. The van der Waals surface area contributed by atoms with Crippen LogP contribution in [0.1, 0.15) is 16.7 Å². The maximum atomic E-state index is 11.1. The van der Waals surface area contributed by atoms with Crippen molar-refractivity contribution in [1.29, 1.82) is 15.8 Å². The lowest BCUT2D eigenvalue weighted by Crippen LogP contribution is -2.05. The summed E-state index contributed by atoms with van der Waals surface area (Å²) >= 11 is 0. The number of benzene rings is 9. The van der Waals surface area contributed by atoms with Crippen LogP contribution in [0.15, 0.2) is 218 Å². The summed E-state index contributed by atoms with van der Waals surface area (Å²) in [6.45, 7) is 15.8. The molecule has 0 atom stereocenters. The molecule has 12 rings (SSSR count). The molecule has 10 heteroatoms. The lowest BCUT2D eigenvalue weighted by molar-refractivity contribution is 1.14. The van der Waals surface area contributed by atoms with Gasteiger partial charge in [-0.3, -0.25) is 0 Å². The molecule has 0 saturated carbocycles. The fourth-order valence-corrected chi connectivity index (χ4v) is 9.93. The Morgan fingerprint density at radius 1 is 0.364 bits per heavy atom. The predicted molar refractivity (Wildman–Crippen MR) is 302 cm³/mol. The van der Waals surface area contributed by atoms with Crippen molar-refractivity contribution in [2.75, 3.05) is 0 Å². The van der Waals surface area contributed by atoms with E-state index in [1.165, 1.54) is 0 Å². The Bertz CT molecular complexity index is 4160. The van der Waals surface area contributed by atoms with E-state index in [1.807, 2.05) is 170 Å². The predicted octanol–water partition coefficient (Wildman–Crippen LogP) is 16.4. The van der Waals surface area contributed by atoms with Crippen molar-refractivity contribution in [2.45, 2.75) is 0 Å². The second-order valence-corrected chi connectivity index (χ2v) is 18.1. The maximum Gasteiger partial charge on any atom is 0.196 e. The van der Waals surface area contributed by atoms with Gasteiger partial charge in [0.05, 0.1) is 76.4 Å². The van der Waals surface area contributed by atoms with Crippen molar-refractivity contribution in [3.63, 3.8) is 0 Å². The largest absolute Gasteiger partial charge is 0.308 e. The van der Waals surface area contributed by atoms with Crippen LogP contribution in [0.5, 0.6) is 0 Å². The van der Waals surface area contributed by atoms with Gasteiger partial charge in [0.25, 0.3) is 0 Å². The molecule has 0 aliphatic carbocycles. The number of rotatable bonds is 9. The minimum atomic E-state index is 0.336. The van der Waals surface area contributed by atoms with E-state index in [0.717, 1.165) is 55.2 Å². The van der Waals surface area contributed by atoms with E-state index in [0.29, 0.717) is 90.4 Å². The van der Waals surface area contributed by atoms with Crippen LogP contribution in [0, 0.1) is 47.1 Å². The summed E-state index contributed by atoms with van der Waals surface area (Å²) < 4.78 is 2.19. The zero-order valence-corrected chi connectivity index (χ0v) is 40.8. The van der Waals surface area contributed by atoms with Crippen molar-refractivity contribution in [1.82, 2.24) is 24.5 Å². The summed E-state index contributed by atoms with van der Waals surface area (Å²) in [5.41, 5.74) is 13.9. The quantitative estimate of drug-likeness (QED) is 0.131. The second kappa shape index (κ2) is 19.8. The van der Waals surface area contributed by atoms with Crippen molar-refractivity contribution in [3.8, 4) is 114 Å². The first-order chi connectivity index (χ1) is 37.9. The minimum absolute atomic E-state index is 0.336. The fraction of sp³-hybridized carbons (Fsp3) is 0. The van der Waals surface area contributed by atoms with Crippen LogP contribution in [0.25, 0.3) is 127 Å². The van der Waals surface area contributed by atoms with Gasteiger partial charge < -0.3 is 4.57 Å². The number of nitriles is 3. The molecule has 0 spiro atoms. The highest BCUT2D eigenvalue weighted by Gasteiger charge is 2.26. The van der Waals surface area contributed by atoms with Gasteiger partial charge in [-0.1, -0.05) is 152 Å². The van der Waals surface area contributed by atoms with Crippen LogP contribution < -0.4 is 0 Å². The Hall–Kier alpha value is -11.6. The molecule has 0 saturated heterocycles. The molecule has 0 N–H and O–H groups in total. The summed E-state index contributed by atoms with van der Waals surface area (Å²) in [5, 5.41) is 32.9. The Balaban J connectivity index is 1.24. The normalized spacial score (nSPS) is 10.8. The highest BCUT2D eigenvalue weighted by molar-refractivity contribution is 6.13. The third kappa shape index (κ3) is 8.63. The van der Waals surface area contributed by atoms with Gasteiger partial charge in [-0.15, -0.1) is 0 Å². The Labute approximate surface area is 443 Å². The molecule has 77 heavy (non-hydrogen) atoms. The molecule has 3 heterocycles. The summed E-state index contributed by atoms with van der Waals surface area (Å²) in [5.74, 6) is 0.979. The summed E-state index contributed by atoms with van der Waals surface area (Å²) in [6, 6.07) is 76.5. The van der Waals surface area contributed by atoms with E-state index in [4.69, 9.17) is 33.1 Å². The van der Waals surface area contributed by atoms with Crippen LogP contribution in [0.4, 0.5) is 11.4 Å².